The van der Waals surface area contributed by atoms with Gasteiger partial charge in [0.2, 0.25) is 15.9 Å². The van der Waals surface area contributed by atoms with Crippen LogP contribution in [-0.2, 0) is 21.2 Å². The average Bonchev–Trinajstić information content (AvgIpc) is 3.04. The Bertz CT molecular complexity index is 953. The molecule has 2 N–H and O–H groups in total. The minimum absolute atomic E-state index is 0.113. The maximum absolute atomic E-state index is 12.7. The third kappa shape index (κ3) is 3.57. The molecule has 1 fully saturated rings. The zero-order chi connectivity index (χ0) is 19.7. The number of hydrogen-bond acceptors (Lipinski definition) is 4. The summed E-state index contributed by atoms with van der Waals surface area (Å²) in [5.74, 6) is -0.361. The number of nitrogens with one attached hydrogen (secondary N) is 1. The lowest BCUT2D eigenvalue weighted by molar-refractivity contribution is -0.127. The molecule has 0 spiro atoms. The normalized spacial score (nSPS) is 23.3. The number of sulfonamides is 1. The van der Waals surface area contributed by atoms with Crippen LogP contribution in [0.15, 0.2) is 59.5 Å². The van der Waals surface area contributed by atoms with Gasteiger partial charge in [-0.25, -0.2) is 8.42 Å². The number of nitrogens with zero attached hydrogens (tertiary/aromatic N) is 1. The van der Waals surface area contributed by atoms with E-state index in [0.29, 0.717) is 32.4 Å². The molecule has 1 aliphatic carbocycles. The number of piperidine rings is 1. The third-order valence-corrected chi connectivity index (χ3v) is 7.62. The molecule has 0 bridgehead atoms. The molecule has 6 nitrogen and oxygen atoms in total. The minimum atomic E-state index is -3.52. The monoisotopic (exact) mass is 400 g/mol. The van der Waals surface area contributed by atoms with Gasteiger partial charge in [-0.05, 0) is 36.1 Å². The van der Waals surface area contributed by atoms with E-state index in [0.717, 1.165) is 11.1 Å². The Hall–Kier alpha value is -2.22. The second-order valence-electron chi connectivity index (χ2n) is 7.45. The number of fused-ring (bicyclic) bond motifs is 1. The van der Waals surface area contributed by atoms with Crippen LogP contribution in [0, 0.1) is 5.92 Å². The van der Waals surface area contributed by atoms with Crippen molar-refractivity contribution in [1.29, 1.82) is 0 Å². The van der Waals surface area contributed by atoms with Crippen molar-refractivity contribution in [3.8, 4) is 0 Å². The molecule has 0 radical (unpaired) electrons. The molecule has 28 heavy (non-hydrogen) atoms. The smallest absolute Gasteiger partial charge is 0.243 e. The van der Waals surface area contributed by atoms with Gasteiger partial charge in [-0.3, -0.25) is 4.79 Å². The molecule has 1 saturated heterocycles. The van der Waals surface area contributed by atoms with Crippen molar-refractivity contribution in [2.45, 2.75) is 36.3 Å². The highest BCUT2D eigenvalue weighted by Crippen LogP contribution is 2.32. The maximum Gasteiger partial charge on any atom is 0.243 e. The quantitative estimate of drug-likeness (QED) is 0.820. The number of hydrogen-bond donors (Lipinski definition) is 2. The number of aliphatic hydroxyl groups is 1. The highest BCUT2D eigenvalue weighted by atomic mass is 32.2. The summed E-state index contributed by atoms with van der Waals surface area (Å²) in [5.41, 5.74) is 2.02. The lowest BCUT2D eigenvalue weighted by Crippen LogP contribution is -2.44. The number of carbonyl (C=O) groups is 1. The van der Waals surface area contributed by atoms with Crippen LogP contribution in [0.2, 0.25) is 0 Å². The van der Waals surface area contributed by atoms with Gasteiger partial charge in [0.15, 0.2) is 0 Å². The van der Waals surface area contributed by atoms with Crippen molar-refractivity contribution in [2.75, 3.05) is 13.1 Å². The van der Waals surface area contributed by atoms with Crippen molar-refractivity contribution in [1.82, 2.24) is 9.62 Å². The fourth-order valence-corrected chi connectivity index (χ4v) is 5.61. The van der Waals surface area contributed by atoms with Gasteiger partial charge in [-0.2, -0.15) is 4.31 Å². The van der Waals surface area contributed by atoms with Gasteiger partial charge in [0, 0.05) is 25.4 Å². The average molecular weight is 401 g/mol. The van der Waals surface area contributed by atoms with Gasteiger partial charge in [0.05, 0.1) is 17.0 Å². The Kier molecular flexibility index (Phi) is 5.23. The summed E-state index contributed by atoms with van der Waals surface area (Å²) in [7, 11) is -3.52. The summed E-state index contributed by atoms with van der Waals surface area (Å²) in [5, 5.41) is 13.3. The summed E-state index contributed by atoms with van der Waals surface area (Å²) in [6.07, 6.45) is 0.861. The van der Waals surface area contributed by atoms with Crippen molar-refractivity contribution in [3.63, 3.8) is 0 Å². The van der Waals surface area contributed by atoms with Crippen molar-refractivity contribution >= 4 is 15.9 Å². The number of rotatable bonds is 4. The molecule has 2 atom stereocenters. The Balaban J connectivity index is 1.39. The summed E-state index contributed by atoms with van der Waals surface area (Å²) in [6, 6.07) is 15.7. The first-order valence-corrected chi connectivity index (χ1v) is 11.0. The second kappa shape index (κ2) is 7.66. The Morgan fingerprint density at radius 2 is 1.64 bits per heavy atom. The van der Waals surface area contributed by atoms with E-state index in [4.69, 9.17) is 0 Å². The Morgan fingerprint density at radius 3 is 2.36 bits per heavy atom. The fourth-order valence-electron chi connectivity index (χ4n) is 4.12. The van der Waals surface area contributed by atoms with Crippen LogP contribution in [-0.4, -0.2) is 42.9 Å². The van der Waals surface area contributed by atoms with Crippen LogP contribution >= 0.6 is 0 Å². The highest BCUT2D eigenvalue weighted by molar-refractivity contribution is 7.89. The molecular weight excluding hydrogens is 376 g/mol. The fraction of sp³-hybridized carbons (Fsp3) is 0.381. The Morgan fingerprint density at radius 1 is 1.00 bits per heavy atom. The van der Waals surface area contributed by atoms with Gasteiger partial charge < -0.3 is 10.4 Å². The van der Waals surface area contributed by atoms with E-state index in [-0.39, 0.29) is 16.7 Å². The van der Waals surface area contributed by atoms with Crippen molar-refractivity contribution in [2.24, 2.45) is 5.92 Å². The van der Waals surface area contributed by atoms with Gasteiger partial charge in [0.25, 0.3) is 0 Å². The first-order chi connectivity index (χ1) is 13.5. The molecule has 0 aromatic heterocycles. The van der Waals surface area contributed by atoms with E-state index in [2.05, 4.69) is 5.32 Å². The number of benzene rings is 2. The Labute approximate surface area is 165 Å². The number of amides is 1. The SMILES string of the molecule is O=C(NC1c2ccccc2CC1O)C1CCN(S(=O)(=O)c2ccccc2)CC1. The molecule has 2 aliphatic rings. The molecule has 2 unspecified atom stereocenters. The van der Waals surface area contributed by atoms with E-state index >= 15 is 0 Å². The van der Waals surface area contributed by atoms with Crippen LogP contribution in [0.4, 0.5) is 0 Å². The molecular formula is C21H24N2O4S. The van der Waals surface area contributed by atoms with Crippen LogP contribution < -0.4 is 5.32 Å². The molecule has 7 heteroatoms. The summed E-state index contributed by atoms with van der Waals surface area (Å²) in [6.45, 7) is 0.637. The van der Waals surface area contributed by atoms with Crippen LogP contribution in [0.3, 0.4) is 0 Å². The van der Waals surface area contributed by atoms with Gasteiger partial charge in [0.1, 0.15) is 0 Å². The van der Waals surface area contributed by atoms with Crippen molar-refractivity contribution < 1.29 is 18.3 Å². The molecule has 148 valence electrons. The zero-order valence-corrected chi connectivity index (χ0v) is 16.3. The summed E-state index contributed by atoms with van der Waals surface area (Å²) in [4.78, 5) is 13.0. The maximum atomic E-state index is 12.7. The van der Waals surface area contributed by atoms with E-state index in [1.165, 1.54) is 4.31 Å². The van der Waals surface area contributed by atoms with Crippen LogP contribution in [0.5, 0.6) is 0 Å². The van der Waals surface area contributed by atoms with Crippen LogP contribution in [0.1, 0.15) is 30.0 Å². The zero-order valence-electron chi connectivity index (χ0n) is 15.5. The van der Waals surface area contributed by atoms with E-state index < -0.39 is 22.2 Å². The van der Waals surface area contributed by atoms with E-state index in [1.807, 2.05) is 24.3 Å². The van der Waals surface area contributed by atoms with Crippen molar-refractivity contribution in [3.05, 3.63) is 65.7 Å². The molecule has 1 heterocycles. The van der Waals surface area contributed by atoms with E-state index in [1.54, 1.807) is 30.3 Å². The third-order valence-electron chi connectivity index (χ3n) is 5.71. The molecule has 4 rings (SSSR count). The molecule has 1 amide bonds. The molecule has 1 aliphatic heterocycles. The first-order valence-electron chi connectivity index (χ1n) is 9.58. The lowest BCUT2D eigenvalue weighted by atomic mass is 9.96. The van der Waals surface area contributed by atoms with Crippen LogP contribution in [0.25, 0.3) is 0 Å². The van der Waals surface area contributed by atoms with Gasteiger partial charge in [-0.1, -0.05) is 42.5 Å². The highest BCUT2D eigenvalue weighted by Gasteiger charge is 2.36. The van der Waals surface area contributed by atoms with Gasteiger partial charge >= 0.3 is 0 Å². The predicted octanol–water partition coefficient (Wildman–Crippen LogP) is 1.86. The molecule has 0 saturated carbocycles. The summed E-state index contributed by atoms with van der Waals surface area (Å²) >= 11 is 0. The summed E-state index contributed by atoms with van der Waals surface area (Å²) < 4.78 is 26.9. The minimum Gasteiger partial charge on any atom is -0.390 e. The standard InChI is InChI=1S/C21H24N2O4S/c24-19-14-16-6-4-5-9-18(16)20(19)22-21(25)15-10-12-23(13-11-15)28(26,27)17-7-2-1-3-8-17/h1-9,15,19-20,24H,10-14H2,(H,22,25). The largest absolute Gasteiger partial charge is 0.390 e. The second-order valence-corrected chi connectivity index (χ2v) is 9.39. The van der Waals surface area contributed by atoms with Gasteiger partial charge in [-0.15, -0.1) is 0 Å². The van der Waals surface area contributed by atoms with E-state index in [9.17, 15) is 18.3 Å². The number of carbonyl (C=O) groups excluding carboxylic acids is 1. The lowest BCUT2D eigenvalue weighted by Gasteiger charge is -2.31. The molecule has 2 aromatic rings. The number of aliphatic hydroxyl groups excluding tert-OH is 1. The predicted molar refractivity (Wildman–Crippen MR) is 105 cm³/mol. The molecule has 2 aromatic carbocycles. The topological polar surface area (TPSA) is 86.7 Å². The first kappa shape index (κ1) is 19.1.